The lowest BCUT2D eigenvalue weighted by atomic mass is 10.1. The van der Waals surface area contributed by atoms with Gasteiger partial charge in [0.05, 0.1) is 11.1 Å². The first kappa shape index (κ1) is 14.8. The molecule has 23 heavy (non-hydrogen) atoms. The first-order chi connectivity index (χ1) is 11.3. The molecule has 1 fully saturated rings. The fraction of sp³-hybridized carbons (Fsp3) is 0.294. The van der Waals surface area contributed by atoms with Crippen LogP contribution in [0.25, 0.3) is 0 Å². The molecule has 0 spiro atoms. The fourth-order valence-corrected chi connectivity index (χ4v) is 2.72. The number of hydrogen-bond donors (Lipinski definition) is 1. The molecule has 1 aliphatic rings. The summed E-state index contributed by atoms with van der Waals surface area (Å²) >= 11 is 0. The molecular weight excluding hydrogens is 288 g/mol. The quantitative estimate of drug-likeness (QED) is 0.931. The molecule has 114 valence electrons. The predicted octanol–water partition coefficient (Wildman–Crippen LogP) is 2.16. The lowest BCUT2D eigenvalue weighted by Gasteiger charge is -2.17. The van der Waals surface area contributed by atoms with Crippen molar-refractivity contribution in [1.82, 2.24) is 9.97 Å². The number of anilines is 2. The molecule has 2 aromatic rings. The third-order valence-corrected chi connectivity index (χ3v) is 3.97. The molecule has 1 saturated heterocycles. The van der Waals surface area contributed by atoms with Crippen LogP contribution in [0.1, 0.15) is 17.5 Å². The van der Waals surface area contributed by atoms with Crippen molar-refractivity contribution in [3.05, 3.63) is 47.8 Å². The van der Waals surface area contributed by atoms with Gasteiger partial charge < -0.3 is 10.2 Å². The monoisotopic (exact) mass is 304 g/mol. The van der Waals surface area contributed by atoms with Crippen LogP contribution in [0.4, 0.5) is 11.6 Å². The number of hydrogen-bond acceptors (Lipinski definition) is 6. The Morgan fingerprint density at radius 2 is 2.13 bits per heavy atom. The van der Waals surface area contributed by atoms with Crippen molar-refractivity contribution in [1.29, 1.82) is 10.5 Å². The fourth-order valence-electron chi connectivity index (χ4n) is 2.72. The summed E-state index contributed by atoms with van der Waals surface area (Å²) in [6.45, 7) is 2.62. The molecule has 6 nitrogen and oxygen atoms in total. The number of nitrogens with zero attached hydrogens (tertiary/aromatic N) is 5. The van der Waals surface area contributed by atoms with E-state index in [4.69, 9.17) is 10.5 Å². The lowest BCUT2D eigenvalue weighted by Crippen LogP contribution is -2.23. The lowest BCUT2D eigenvalue weighted by molar-refractivity contribution is 0.620. The van der Waals surface area contributed by atoms with Crippen molar-refractivity contribution in [3.8, 4) is 12.1 Å². The SMILES string of the molecule is N#Cc1ccc(N2CCC(CNc3ncccc3C#N)C2)nc1. The van der Waals surface area contributed by atoms with Crippen LogP contribution in [0.3, 0.4) is 0 Å². The zero-order valence-corrected chi connectivity index (χ0v) is 12.6. The summed E-state index contributed by atoms with van der Waals surface area (Å²) < 4.78 is 0. The predicted molar refractivity (Wildman–Crippen MR) is 86.7 cm³/mol. The van der Waals surface area contributed by atoms with Gasteiger partial charge in [-0.2, -0.15) is 10.5 Å². The van der Waals surface area contributed by atoms with Crippen LogP contribution < -0.4 is 10.2 Å². The zero-order chi connectivity index (χ0) is 16.1. The van der Waals surface area contributed by atoms with E-state index in [2.05, 4.69) is 32.3 Å². The molecule has 1 unspecified atom stereocenters. The van der Waals surface area contributed by atoms with E-state index in [1.54, 1.807) is 30.6 Å². The number of nitrogens with one attached hydrogen (secondary N) is 1. The second-order valence-electron chi connectivity index (χ2n) is 5.51. The Kier molecular flexibility index (Phi) is 4.35. The maximum atomic E-state index is 9.07. The Morgan fingerprint density at radius 3 is 2.87 bits per heavy atom. The maximum Gasteiger partial charge on any atom is 0.143 e. The van der Waals surface area contributed by atoms with E-state index in [0.717, 1.165) is 31.9 Å². The Balaban J connectivity index is 1.57. The summed E-state index contributed by atoms with van der Waals surface area (Å²) in [6, 6.07) is 11.4. The van der Waals surface area contributed by atoms with Crippen LogP contribution in [-0.2, 0) is 0 Å². The molecule has 0 amide bonds. The highest BCUT2D eigenvalue weighted by Gasteiger charge is 2.23. The first-order valence-electron chi connectivity index (χ1n) is 7.50. The van der Waals surface area contributed by atoms with Crippen LogP contribution in [0.2, 0.25) is 0 Å². The van der Waals surface area contributed by atoms with Crippen molar-refractivity contribution in [2.45, 2.75) is 6.42 Å². The number of pyridine rings is 2. The van der Waals surface area contributed by atoms with E-state index >= 15 is 0 Å². The van der Waals surface area contributed by atoms with Gasteiger partial charge >= 0.3 is 0 Å². The summed E-state index contributed by atoms with van der Waals surface area (Å²) in [6.07, 6.45) is 4.35. The van der Waals surface area contributed by atoms with Crippen LogP contribution >= 0.6 is 0 Å². The zero-order valence-electron chi connectivity index (χ0n) is 12.6. The largest absolute Gasteiger partial charge is 0.369 e. The number of aromatic nitrogens is 2. The molecule has 1 aliphatic heterocycles. The van der Waals surface area contributed by atoms with E-state index in [1.165, 1.54) is 0 Å². The Morgan fingerprint density at radius 1 is 1.22 bits per heavy atom. The van der Waals surface area contributed by atoms with Gasteiger partial charge in [0.25, 0.3) is 0 Å². The highest BCUT2D eigenvalue weighted by Crippen LogP contribution is 2.22. The second-order valence-corrected chi connectivity index (χ2v) is 5.51. The molecule has 1 N–H and O–H groups in total. The molecule has 3 rings (SSSR count). The van der Waals surface area contributed by atoms with Crippen molar-refractivity contribution in [2.24, 2.45) is 5.92 Å². The average molecular weight is 304 g/mol. The van der Waals surface area contributed by atoms with Crippen LogP contribution in [-0.4, -0.2) is 29.6 Å². The third-order valence-electron chi connectivity index (χ3n) is 3.97. The van der Waals surface area contributed by atoms with Gasteiger partial charge in [0, 0.05) is 32.0 Å². The van der Waals surface area contributed by atoms with Crippen LogP contribution in [0.5, 0.6) is 0 Å². The highest BCUT2D eigenvalue weighted by atomic mass is 15.2. The highest BCUT2D eigenvalue weighted by molar-refractivity contribution is 5.51. The molecule has 6 heteroatoms. The van der Waals surface area contributed by atoms with E-state index in [0.29, 0.717) is 22.9 Å². The van der Waals surface area contributed by atoms with E-state index in [9.17, 15) is 0 Å². The Hall–Kier alpha value is -3.12. The molecule has 1 atom stereocenters. The molecular formula is C17H16N6. The van der Waals surface area contributed by atoms with Crippen molar-refractivity contribution < 1.29 is 0 Å². The normalized spacial score (nSPS) is 16.6. The molecule has 2 aromatic heterocycles. The molecule has 0 saturated carbocycles. The maximum absolute atomic E-state index is 9.07. The Bertz CT molecular complexity index is 756. The summed E-state index contributed by atoms with van der Waals surface area (Å²) in [7, 11) is 0. The second kappa shape index (κ2) is 6.76. The molecule has 0 bridgehead atoms. The molecule has 0 aromatic carbocycles. The van der Waals surface area contributed by atoms with E-state index in [1.807, 2.05) is 6.07 Å². The number of rotatable bonds is 4. The summed E-state index contributed by atoms with van der Waals surface area (Å²) in [5, 5.41) is 21.2. The van der Waals surface area contributed by atoms with Gasteiger partial charge in [-0.1, -0.05) is 0 Å². The minimum Gasteiger partial charge on any atom is -0.369 e. The van der Waals surface area contributed by atoms with Crippen molar-refractivity contribution >= 4 is 11.6 Å². The van der Waals surface area contributed by atoms with Gasteiger partial charge in [-0.25, -0.2) is 9.97 Å². The average Bonchev–Trinajstić information content (AvgIpc) is 3.09. The summed E-state index contributed by atoms with van der Waals surface area (Å²) in [5.74, 6) is 2.02. The number of nitriles is 2. The van der Waals surface area contributed by atoms with Gasteiger partial charge in [-0.05, 0) is 36.6 Å². The van der Waals surface area contributed by atoms with E-state index in [-0.39, 0.29) is 0 Å². The van der Waals surface area contributed by atoms with Crippen molar-refractivity contribution in [2.75, 3.05) is 29.9 Å². The van der Waals surface area contributed by atoms with Crippen LogP contribution in [0, 0.1) is 28.6 Å². The third kappa shape index (κ3) is 3.38. The van der Waals surface area contributed by atoms with Crippen molar-refractivity contribution in [3.63, 3.8) is 0 Å². The van der Waals surface area contributed by atoms with E-state index < -0.39 is 0 Å². The first-order valence-corrected chi connectivity index (χ1v) is 7.50. The van der Waals surface area contributed by atoms with Gasteiger partial charge in [-0.3, -0.25) is 0 Å². The van der Waals surface area contributed by atoms with Gasteiger partial charge in [0.2, 0.25) is 0 Å². The topological polar surface area (TPSA) is 88.6 Å². The standard InChI is InChI=1S/C17H16N6/c18-8-13-3-4-16(21-10-13)23-7-5-14(12-23)11-22-17-15(9-19)2-1-6-20-17/h1-4,6,10,14H,5,7,11-12H2,(H,20,22). The molecule has 0 radical (unpaired) electrons. The minimum absolute atomic E-state index is 0.473. The van der Waals surface area contributed by atoms with Gasteiger partial charge in [-0.15, -0.1) is 0 Å². The molecule has 3 heterocycles. The smallest absolute Gasteiger partial charge is 0.143 e. The minimum atomic E-state index is 0.473. The van der Waals surface area contributed by atoms with Gasteiger partial charge in [0.15, 0.2) is 0 Å². The Labute approximate surface area is 135 Å². The summed E-state index contributed by atoms with van der Waals surface area (Å²) in [4.78, 5) is 10.8. The summed E-state index contributed by atoms with van der Waals surface area (Å²) in [5.41, 5.74) is 1.14. The molecule has 0 aliphatic carbocycles. The van der Waals surface area contributed by atoms with Gasteiger partial charge in [0.1, 0.15) is 23.8 Å². The van der Waals surface area contributed by atoms with Crippen LogP contribution in [0.15, 0.2) is 36.7 Å².